The first-order valence-electron chi connectivity index (χ1n) is 4.00. The van der Waals surface area contributed by atoms with Crippen LogP contribution in [-0.4, -0.2) is 21.7 Å². The van der Waals surface area contributed by atoms with Crippen molar-refractivity contribution in [2.24, 2.45) is 5.73 Å². The summed E-state index contributed by atoms with van der Waals surface area (Å²) in [6, 6.07) is 0.381. The second-order valence-electron chi connectivity index (χ2n) is 2.91. The summed E-state index contributed by atoms with van der Waals surface area (Å²) in [7, 11) is 0. The number of aromatic hydroxyl groups is 1. The second kappa shape index (κ2) is 4.20. The molecule has 6 nitrogen and oxygen atoms in total. The molecule has 0 aliphatic carbocycles. The average Bonchev–Trinajstić information content (AvgIpc) is 2.19. The predicted molar refractivity (Wildman–Crippen MR) is 48.7 cm³/mol. The van der Waals surface area contributed by atoms with Gasteiger partial charge in [-0.3, -0.25) is 10.1 Å². The molecule has 7 heteroatoms. The van der Waals surface area contributed by atoms with Crippen molar-refractivity contribution in [2.75, 3.05) is 6.61 Å². The zero-order valence-electron chi connectivity index (χ0n) is 7.55. The number of nitro benzene ring substituents is 1. The van der Waals surface area contributed by atoms with Crippen LogP contribution in [-0.2, 0) is 0 Å². The van der Waals surface area contributed by atoms with E-state index in [1.54, 1.807) is 0 Å². The smallest absolute Gasteiger partial charge is 0.313 e. The molecule has 0 aliphatic heterocycles. The molecule has 0 aliphatic rings. The normalized spacial score (nSPS) is 12.5. The van der Waals surface area contributed by atoms with Gasteiger partial charge in [0.1, 0.15) is 5.82 Å². The molecule has 82 valence electrons. The van der Waals surface area contributed by atoms with Crippen LogP contribution < -0.4 is 5.73 Å². The summed E-state index contributed by atoms with van der Waals surface area (Å²) in [6.07, 6.45) is 0. The van der Waals surface area contributed by atoms with Crippen molar-refractivity contribution in [3.63, 3.8) is 0 Å². The molecular formula is C8H9FN2O4. The first-order chi connectivity index (χ1) is 6.97. The summed E-state index contributed by atoms with van der Waals surface area (Å²) < 4.78 is 12.9. The molecule has 1 aromatic carbocycles. The third kappa shape index (κ3) is 2.20. The number of halogens is 1. The van der Waals surface area contributed by atoms with Crippen molar-refractivity contribution in [3.8, 4) is 5.75 Å². The minimum atomic E-state index is -1.06. The Hall–Kier alpha value is -1.73. The summed E-state index contributed by atoms with van der Waals surface area (Å²) in [5.41, 5.74) is 4.37. The Morgan fingerprint density at radius 1 is 1.60 bits per heavy atom. The lowest BCUT2D eigenvalue weighted by molar-refractivity contribution is -0.386. The van der Waals surface area contributed by atoms with Crippen LogP contribution in [0.15, 0.2) is 12.1 Å². The maximum atomic E-state index is 12.9. The molecule has 0 unspecified atom stereocenters. The molecule has 0 aromatic heterocycles. The first-order valence-corrected chi connectivity index (χ1v) is 4.00. The number of hydrogen-bond acceptors (Lipinski definition) is 5. The molecule has 0 saturated carbocycles. The van der Waals surface area contributed by atoms with Crippen molar-refractivity contribution in [3.05, 3.63) is 33.6 Å². The van der Waals surface area contributed by atoms with Crippen LogP contribution in [0.5, 0.6) is 5.75 Å². The Kier molecular flexibility index (Phi) is 3.17. The second-order valence-corrected chi connectivity index (χ2v) is 2.91. The van der Waals surface area contributed by atoms with Crippen LogP contribution in [0.2, 0.25) is 0 Å². The maximum Gasteiger partial charge on any atom is 0.313 e. The van der Waals surface area contributed by atoms with E-state index in [0.717, 1.165) is 6.07 Å². The Morgan fingerprint density at radius 2 is 2.20 bits per heavy atom. The first kappa shape index (κ1) is 11.3. The van der Waals surface area contributed by atoms with Gasteiger partial charge in [0.2, 0.25) is 0 Å². The van der Waals surface area contributed by atoms with Gasteiger partial charge in [-0.25, -0.2) is 4.39 Å². The lowest BCUT2D eigenvalue weighted by atomic mass is 10.1. The van der Waals surface area contributed by atoms with E-state index in [0.29, 0.717) is 6.07 Å². The third-order valence-electron chi connectivity index (χ3n) is 1.88. The van der Waals surface area contributed by atoms with Gasteiger partial charge >= 0.3 is 5.69 Å². The van der Waals surface area contributed by atoms with Crippen LogP contribution in [0.1, 0.15) is 11.6 Å². The summed E-state index contributed by atoms with van der Waals surface area (Å²) in [6.45, 7) is -0.547. The van der Waals surface area contributed by atoms with E-state index in [4.69, 9.17) is 10.8 Å². The standard InChI is InChI=1S/C8H9FN2O4/c9-4-1-5(6(10)3-12)8(13)7(2-4)11(14)15/h1-2,6,12-13H,3,10H2/t6-/m1/s1. The minimum Gasteiger partial charge on any atom is -0.502 e. The van der Waals surface area contributed by atoms with Crippen molar-refractivity contribution in [2.45, 2.75) is 6.04 Å². The number of phenolic OH excluding ortho intramolecular Hbond substituents is 1. The molecule has 1 rings (SSSR count). The molecule has 4 N–H and O–H groups in total. The molecule has 1 aromatic rings. The molecule has 15 heavy (non-hydrogen) atoms. The number of rotatable bonds is 3. The summed E-state index contributed by atoms with van der Waals surface area (Å²) in [4.78, 5) is 9.49. The van der Waals surface area contributed by atoms with Crippen LogP contribution in [0.25, 0.3) is 0 Å². The SMILES string of the molecule is N[C@H](CO)c1cc(F)cc([N+](=O)[O-])c1O. The number of nitro groups is 1. The third-order valence-corrected chi connectivity index (χ3v) is 1.88. The fraction of sp³-hybridized carbons (Fsp3) is 0.250. The van der Waals surface area contributed by atoms with Gasteiger partial charge in [-0.15, -0.1) is 0 Å². The van der Waals surface area contributed by atoms with E-state index < -0.39 is 34.8 Å². The number of nitrogens with two attached hydrogens (primary N) is 1. The lowest BCUT2D eigenvalue weighted by Gasteiger charge is -2.10. The Morgan fingerprint density at radius 3 is 2.67 bits per heavy atom. The van der Waals surface area contributed by atoms with E-state index in [1.165, 1.54) is 0 Å². The predicted octanol–water partition coefficient (Wildman–Crippen LogP) is 0.432. The highest BCUT2D eigenvalue weighted by molar-refractivity contribution is 5.52. The number of aliphatic hydroxyl groups is 1. The number of aliphatic hydroxyl groups excluding tert-OH is 1. The Balaban J connectivity index is 3.34. The average molecular weight is 216 g/mol. The lowest BCUT2D eigenvalue weighted by Crippen LogP contribution is -2.15. The van der Waals surface area contributed by atoms with Crippen molar-refractivity contribution >= 4 is 5.69 Å². The summed E-state index contributed by atoms with van der Waals surface area (Å²) >= 11 is 0. The van der Waals surface area contributed by atoms with Gasteiger partial charge < -0.3 is 15.9 Å². The number of nitrogens with zero attached hydrogens (tertiary/aromatic N) is 1. The minimum absolute atomic E-state index is 0.191. The topological polar surface area (TPSA) is 110 Å². The Bertz CT molecular complexity index is 396. The van der Waals surface area contributed by atoms with Crippen LogP contribution >= 0.6 is 0 Å². The fourth-order valence-corrected chi connectivity index (χ4v) is 1.13. The van der Waals surface area contributed by atoms with E-state index >= 15 is 0 Å². The molecule has 0 fully saturated rings. The van der Waals surface area contributed by atoms with E-state index in [1.807, 2.05) is 0 Å². The monoisotopic (exact) mass is 216 g/mol. The van der Waals surface area contributed by atoms with Gasteiger partial charge in [0.15, 0.2) is 5.75 Å². The van der Waals surface area contributed by atoms with Crippen LogP contribution in [0.3, 0.4) is 0 Å². The highest BCUT2D eigenvalue weighted by Crippen LogP contribution is 2.33. The summed E-state index contributed by atoms with van der Waals surface area (Å²) in [5.74, 6) is -1.61. The van der Waals surface area contributed by atoms with Crippen molar-refractivity contribution in [1.82, 2.24) is 0 Å². The van der Waals surface area contributed by atoms with Crippen LogP contribution in [0, 0.1) is 15.9 Å². The maximum absolute atomic E-state index is 12.9. The van der Waals surface area contributed by atoms with E-state index in [-0.39, 0.29) is 5.56 Å². The molecule has 0 amide bonds. The molecule has 0 bridgehead atoms. The van der Waals surface area contributed by atoms with Gasteiger partial charge in [-0.05, 0) is 6.07 Å². The molecule has 1 atom stereocenters. The number of phenols is 1. The highest BCUT2D eigenvalue weighted by Gasteiger charge is 2.22. The van der Waals surface area contributed by atoms with Crippen molar-refractivity contribution in [1.29, 1.82) is 0 Å². The summed E-state index contributed by atoms with van der Waals surface area (Å²) in [5, 5.41) is 28.5. The van der Waals surface area contributed by atoms with Gasteiger partial charge in [0.05, 0.1) is 23.6 Å². The molecule has 0 radical (unpaired) electrons. The zero-order valence-corrected chi connectivity index (χ0v) is 7.55. The van der Waals surface area contributed by atoms with E-state index in [2.05, 4.69) is 0 Å². The molecule has 0 spiro atoms. The highest BCUT2D eigenvalue weighted by atomic mass is 19.1. The molecule has 0 heterocycles. The van der Waals surface area contributed by atoms with Gasteiger partial charge in [-0.2, -0.15) is 0 Å². The van der Waals surface area contributed by atoms with Gasteiger partial charge in [0.25, 0.3) is 0 Å². The van der Waals surface area contributed by atoms with E-state index in [9.17, 15) is 19.6 Å². The number of hydrogen-bond donors (Lipinski definition) is 3. The largest absolute Gasteiger partial charge is 0.502 e. The van der Waals surface area contributed by atoms with Crippen LogP contribution in [0.4, 0.5) is 10.1 Å². The molecule has 0 saturated heterocycles. The Labute approximate surface area is 83.9 Å². The van der Waals surface area contributed by atoms with Gasteiger partial charge in [-0.1, -0.05) is 0 Å². The zero-order chi connectivity index (χ0) is 11.6. The fourth-order valence-electron chi connectivity index (χ4n) is 1.13. The number of benzene rings is 1. The quantitative estimate of drug-likeness (QED) is 0.501. The van der Waals surface area contributed by atoms with Gasteiger partial charge in [0, 0.05) is 5.56 Å². The molecular weight excluding hydrogens is 207 g/mol. The van der Waals surface area contributed by atoms with Crippen molar-refractivity contribution < 1.29 is 19.5 Å².